The van der Waals surface area contributed by atoms with Crippen LogP contribution in [0.1, 0.15) is 45.2 Å². The van der Waals surface area contributed by atoms with Crippen LogP contribution in [0, 0.1) is 0 Å². The molecule has 25 heavy (non-hydrogen) atoms. The Hall–Kier alpha value is -2.56. The predicted octanol–water partition coefficient (Wildman–Crippen LogP) is 4.26. The highest BCUT2D eigenvalue weighted by Gasteiger charge is 2.16. The van der Waals surface area contributed by atoms with Crippen molar-refractivity contribution in [3.8, 4) is 11.3 Å². The van der Waals surface area contributed by atoms with Gasteiger partial charge in [0.15, 0.2) is 5.76 Å². The fraction of sp³-hybridized carbons (Fsp3) is 0.400. The Balaban J connectivity index is 2.32. The third-order valence-corrected chi connectivity index (χ3v) is 3.82. The number of hydrogen-bond donors (Lipinski definition) is 0. The van der Waals surface area contributed by atoms with Crippen LogP contribution in [-0.2, 0) is 16.1 Å². The lowest BCUT2D eigenvalue weighted by Gasteiger charge is -2.04. The summed E-state index contributed by atoms with van der Waals surface area (Å²) >= 11 is 0. The van der Waals surface area contributed by atoms with Gasteiger partial charge >= 0.3 is 11.7 Å². The van der Waals surface area contributed by atoms with E-state index in [-0.39, 0.29) is 0 Å². The minimum atomic E-state index is -0.414. The number of hydrogen-bond acceptors (Lipinski definition) is 4. The van der Waals surface area contributed by atoms with E-state index in [9.17, 15) is 9.59 Å². The van der Waals surface area contributed by atoms with Crippen molar-refractivity contribution in [2.24, 2.45) is 0 Å². The van der Waals surface area contributed by atoms with Crippen molar-refractivity contribution in [2.45, 2.75) is 46.1 Å². The Morgan fingerprint density at radius 3 is 2.56 bits per heavy atom. The van der Waals surface area contributed by atoms with Crippen LogP contribution >= 0.6 is 0 Å². The van der Waals surface area contributed by atoms with Crippen LogP contribution in [0.25, 0.3) is 17.4 Å². The number of esters is 1. The molecule has 5 nitrogen and oxygen atoms in total. The first-order valence-electron chi connectivity index (χ1n) is 8.81. The first-order chi connectivity index (χ1) is 12.2. The quantitative estimate of drug-likeness (QED) is 0.388. The van der Waals surface area contributed by atoms with Gasteiger partial charge in [0.05, 0.1) is 12.3 Å². The molecule has 5 heteroatoms. The van der Waals surface area contributed by atoms with Crippen LogP contribution in [-0.4, -0.2) is 17.1 Å². The van der Waals surface area contributed by atoms with Crippen molar-refractivity contribution in [1.29, 1.82) is 0 Å². The Labute approximate surface area is 147 Å². The van der Waals surface area contributed by atoms with Gasteiger partial charge in [0.1, 0.15) is 0 Å². The third kappa shape index (κ3) is 5.21. The van der Waals surface area contributed by atoms with Gasteiger partial charge in [-0.1, -0.05) is 57.0 Å². The van der Waals surface area contributed by atoms with Gasteiger partial charge in [0.25, 0.3) is 0 Å². The van der Waals surface area contributed by atoms with E-state index < -0.39 is 11.7 Å². The topological polar surface area (TPSA) is 61.4 Å². The average molecular weight is 343 g/mol. The second-order valence-electron chi connectivity index (χ2n) is 5.81. The lowest BCUT2D eigenvalue weighted by Crippen LogP contribution is -2.15. The highest BCUT2D eigenvalue weighted by atomic mass is 16.5. The van der Waals surface area contributed by atoms with Gasteiger partial charge < -0.3 is 9.15 Å². The molecule has 1 aromatic carbocycles. The van der Waals surface area contributed by atoms with E-state index in [1.54, 1.807) is 10.6 Å². The van der Waals surface area contributed by atoms with E-state index in [4.69, 9.17) is 9.15 Å². The molecule has 0 spiro atoms. The van der Waals surface area contributed by atoms with Crippen LogP contribution < -0.4 is 5.76 Å². The zero-order valence-electron chi connectivity index (χ0n) is 14.9. The van der Waals surface area contributed by atoms with Gasteiger partial charge in [-0.3, -0.25) is 4.57 Å². The van der Waals surface area contributed by atoms with Gasteiger partial charge in [-0.2, -0.15) is 0 Å². The molecule has 2 aromatic rings. The summed E-state index contributed by atoms with van der Waals surface area (Å²) in [6, 6.07) is 9.41. The Morgan fingerprint density at radius 1 is 1.16 bits per heavy atom. The SMILES string of the molecule is CCCCOC(=O)/C=C/c1c(-c2ccccc2)oc(=O)n1CCCC. The Kier molecular flexibility index (Phi) is 7.26. The van der Waals surface area contributed by atoms with Crippen molar-refractivity contribution in [2.75, 3.05) is 6.61 Å². The second-order valence-corrected chi connectivity index (χ2v) is 5.81. The van der Waals surface area contributed by atoms with Crippen LogP contribution in [0.5, 0.6) is 0 Å². The molecule has 1 aromatic heterocycles. The number of aromatic nitrogens is 1. The largest absolute Gasteiger partial charge is 0.463 e. The number of benzene rings is 1. The maximum atomic E-state index is 12.2. The molecule has 0 aliphatic heterocycles. The lowest BCUT2D eigenvalue weighted by molar-refractivity contribution is -0.137. The first-order valence-corrected chi connectivity index (χ1v) is 8.81. The molecular weight excluding hydrogens is 318 g/mol. The first kappa shape index (κ1) is 18.8. The van der Waals surface area contributed by atoms with Crippen molar-refractivity contribution in [1.82, 2.24) is 4.57 Å². The second kappa shape index (κ2) is 9.67. The van der Waals surface area contributed by atoms with Crippen molar-refractivity contribution >= 4 is 12.0 Å². The normalized spacial score (nSPS) is 11.1. The summed E-state index contributed by atoms with van der Waals surface area (Å²) < 4.78 is 12.2. The molecule has 1 heterocycles. The molecular formula is C20H25NO4. The molecule has 0 aliphatic rings. The highest BCUT2D eigenvalue weighted by molar-refractivity contribution is 5.88. The monoisotopic (exact) mass is 343 g/mol. The zero-order valence-corrected chi connectivity index (χ0v) is 14.9. The minimum absolute atomic E-state index is 0.402. The van der Waals surface area contributed by atoms with E-state index in [1.807, 2.05) is 37.3 Å². The fourth-order valence-corrected chi connectivity index (χ4v) is 2.42. The number of rotatable bonds is 9. The molecule has 0 bridgehead atoms. The van der Waals surface area contributed by atoms with Gasteiger partial charge in [-0.25, -0.2) is 9.59 Å². The molecule has 0 unspecified atom stereocenters. The molecule has 0 aliphatic carbocycles. The number of ether oxygens (including phenoxy) is 1. The molecule has 0 atom stereocenters. The summed E-state index contributed by atoms with van der Waals surface area (Å²) in [5, 5.41) is 0. The van der Waals surface area contributed by atoms with Gasteiger partial charge in [0.2, 0.25) is 0 Å². The van der Waals surface area contributed by atoms with Gasteiger partial charge in [-0.05, 0) is 18.9 Å². The molecule has 0 saturated heterocycles. The van der Waals surface area contributed by atoms with Crippen LogP contribution in [0.2, 0.25) is 0 Å². The Bertz CT molecular complexity index is 756. The van der Waals surface area contributed by atoms with Crippen molar-refractivity contribution in [3.63, 3.8) is 0 Å². The summed E-state index contributed by atoms with van der Waals surface area (Å²) in [7, 11) is 0. The number of carbonyl (C=O) groups is 1. The fourth-order valence-electron chi connectivity index (χ4n) is 2.42. The summed E-state index contributed by atoms with van der Waals surface area (Å²) in [5.41, 5.74) is 1.39. The van der Waals surface area contributed by atoms with E-state index in [1.165, 1.54) is 6.08 Å². The maximum Gasteiger partial charge on any atom is 0.419 e. The molecule has 0 radical (unpaired) electrons. The molecule has 0 N–H and O–H groups in total. The summed E-state index contributed by atoms with van der Waals surface area (Å²) in [5.74, 6) is -0.353. The molecule has 2 rings (SSSR count). The lowest BCUT2D eigenvalue weighted by atomic mass is 10.1. The maximum absolute atomic E-state index is 12.2. The summed E-state index contributed by atoms with van der Waals surface area (Å²) in [4.78, 5) is 24.1. The molecule has 0 amide bonds. The number of unbranched alkanes of at least 4 members (excludes halogenated alkanes) is 2. The minimum Gasteiger partial charge on any atom is -0.463 e. The number of nitrogens with zero attached hydrogens (tertiary/aromatic N) is 1. The van der Waals surface area contributed by atoms with E-state index in [2.05, 4.69) is 6.92 Å². The van der Waals surface area contributed by atoms with Crippen LogP contribution in [0.4, 0.5) is 0 Å². The molecule has 0 saturated carbocycles. The van der Waals surface area contributed by atoms with Crippen LogP contribution in [0.15, 0.2) is 45.6 Å². The third-order valence-electron chi connectivity index (χ3n) is 3.82. The highest BCUT2D eigenvalue weighted by Crippen LogP contribution is 2.24. The standard InChI is InChI=1S/C20H25NO4/c1-3-5-14-21-17(12-13-18(22)24-15-6-4-2)19(25-20(21)23)16-10-8-7-9-11-16/h7-13H,3-6,14-15H2,1-2H3/b13-12+. The van der Waals surface area contributed by atoms with E-state index in [0.29, 0.717) is 24.6 Å². The van der Waals surface area contributed by atoms with E-state index in [0.717, 1.165) is 31.2 Å². The zero-order chi connectivity index (χ0) is 18.1. The predicted molar refractivity (Wildman–Crippen MR) is 98.2 cm³/mol. The summed E-state index contributed by atoms with van der Waals surface area (Å²) in [6.07, 6.45) is 6.58. The van der Waals surface area contributed by atoms with Crippen molar-refractivity contribution in [3.05, 3.63) is 52.7 Å². The summed E-state index contributed by atoms with van der Waals surface area (Å²) in [6.45, 7) is 5.05. The number of carbonyl (C=O) groups excluding carboxylic acids is 1. The molecule has 134 valence electrons. The van der Waals surface area contributed by atoms with Crippen molar-refractivity contribution < 1.29 is 13.9 Å². The van der Waals surface area contributed by atoms with E-state index >= 15 is 0 Å². The van der Waals surface area contributed by atoms with Gasteiger partial charge in [0, 0.05) is 18.2 Å². The average Bonchev–Trinajstić information content (AvgIpc) is 2.94. The molecule has 0 fully saturated rings. The smallest absolute Gasteiger partial charge is 0.419 e. The number of oxazole rings is 1. The van der Waals surface area contributed by atoms with Gasteiger partial charge in [-0.15, -0.1) is 0 Å². The Morgan fingerprint density at radius 2 is 1.88 bits per heavy atom. The van der Waals surface area contributed by atoms with Crippen LogP contribution in [0.3, 0.4) is 0 Å².